The monoisotopic (exact) mass is 364 g/mol. The number of ketones is 1. The van der Waals surface area contributed by atoms with Crippen LogP contribution in [0.1, 0.15) is 37.9 Å². The number of hydrogen-bond donors (Lipinski definition) is 0. The number of aryl methyl sites for hydroxylation is 1. The highest BCUT2D eigenvalue weighted by atomic mass is 35.5. The number of ether oxygens (including phenoxy) is 1. The normalized spacial score (nSPS) is 11.6. The van der Waals surface area contributed by atoms with Crippen LogP contribution in [0.5, 0.6) is 0 Å². The smallest absolute Gasteiger partial charge is 0.340 e. The highest BCUT2D eigenvalue weighted by molar-refractivity contribution is 6.33. The van der Waals surface area contributed by atoms with Crippen molar-refractivity contribution < 1.29 is 14.3 Å². The highest BCUT2D eigenvalue weighted by Gasteiger charge is 2.27. The van der Waals surface area contributed by atoms with Gasteiger partial charge in [0.15, 0.2) is 6.10 Å². The summed E-state index contributed by atoms with van der Waals surface area (Å²) < 4.78 is 5.58. The van der Waals surface area contributed by atoms with Crippen LogP contribution < -0.4 is 0 Å². The summed E-state index contributed by atoms with van der Waals surface area (Å²) in [5.74, 6) is -0.915. The molecule has 0 amide bonds. The summed E-state index contributed by atoms with van der Waals surface area (Å²) in [4.78, 5) is 25.6. The van der Waals surface area contributed by atoms with Crippen molar-refractivity contribution in [2.45, 2.75) is 13.0 Å². The third kappa shape index (κ3) is 4.01. The molecule has 0 bridgehead atoms. The average Bonchev–Trinajstić information content (AvgIpc) is 2.67. The van der Waals surface area contributed by atoms with Crippen molar-refractivity contribution in [3.8, 4) is 0 Å². The van der Waals surface area contributed by atoms with Crippen molar-refractivity contribution >= 4 is 23.4 Å². The molecule has 0 aromatic heterocycles. The van der Waals surface area contributed by atoms with Gasteiger partial charge in [0.1, 0.15) is 0 Å². The number of Topliss-reactive ketones (excluding diaryl/α,β-unsaturated/α-hetero) is 1. The number of benzene rings is 3. The maximum atomic E-state index is 13.0. The fourth-order valence-corrected chi connectivity index (χ4v) is 2.78. The largest absolute Gasteiger partial charge is 0.445 e. The Labute approximate surface area is 157 Å². The lowest BCUT2D eigenvalue weighted by Crippen LogP contribution is -2.20. The molecular weight excluding hydrogens is 348 g/mol. The summed E-state index contributed by atoms with van der Waals surface area (Å²) in [6.45, 7) is 1.94. The zero-order valence-electron chi connectivity index (χ0n) is 14.2. The van der Waals surface area contributed by atoms with Crippen LogP contribution in [0.3, 0.4) is 0 Å². The molecule has 3 nitrogen and oxygen atoms in total. The molecule has 0 radical (unpaired) electrons. The minimum absolute atomic E-state index is 0.229. The van der Waals surface area contributed by atoms with Crippen molar-refractivity contribution in [2.75, 3.05) is 0 Å². The fraction of sp³-hybridized carbons (Fsp3) is 0.0909. The molecule has 0 aliphatic heterocycles. The van der Waals surface area contributed by atoms with Crippen LogP contribution in [0.15, 0.2) is 78.9 Å². The van der Waals surface area contributed by atoms with Gasteiger partial charge in [-0.25, -0.2) is 4.79 Å². The third-order valence-corrected chi connectivity index (χ3v) is 4.32. The minimum atomic E-state index is -1.04. The zero-order chi connectivity index (χ0) is 18.5. The first-order valence-electron chi connectivity index (χ1n) is 8.17. The molecule has 0 saturated heterocycles. The Morgan fingerprint density at radius 2 is 1.46 bits per heavy atom. The third-order valence-electron chi connectivity index (χ3n) is 4.00. The van der Waals surface area contributed by atoms with Gasteiger partial charge in [0.2, 0.25) is 5.78 Å². The first-order chi connectivity index (χ1) is 12.6. The molecule has 3 aromatic rings. The maximum Gasteiger partial charge on any atom is 0.340 e. The Hall–Kier alpha value is -2.91. The van der Waals surface area contributed by atoms with Gasteiger partial charge >= 0.3 is 5.97 Å². The Balaban J connectivity index is 1.94. The zero-order valence-corrected chi connectivity index (χ0v) is 14.9. The van der Waals surface area contributed by atoms with Crippen LogP contribution in [-0.2, 0) is 4.74 Å². The van der Waals surface area contributed by atoms with E-state index in [1.165, 1.54) is 0 Å². The van der Waals surface area contributed by atoms with E-state index < -0.39 is 12.1 Å². The minimum Gasteiger partial charge on any atom is -0.445 e. The van der Waals surface area contributed by atoms with Crippen molar-refractivity contribution in [3.05, 3.63) is 106 Å². The van der Waals surface area contributed by atoms with Crippen molar-refractivity contribution in [2.24, 2.45) is 0 Å². The van der Waals surface area contributed by atoms with Gasteiger partial charge in [-0.1, -0.05) is 83.9 Å². The molecule has 0 spiro atoms. The quantitative estimate of drug-likeness (QED) is 0.448. The SMILES string of the molecule is Cc1ccc(C(=O)C(OC(=O)c2ccccc2Cl)c2ccccc2)cc1. The molecule has 0 N–H and O–H groups in total. The van der Waals surface area contributed by atoms with Gasteiger partial charge in [0.05, 0.1) is 10.6 Å². The molecule has 4 heteroatoms. The number of rotatable bonds is 5. The molecule has 0 aliphatic rings. The first kappa shape index (κ1) is 17.9. The van der Waals surface area contributed by atoms with Gasteiger partial charge in [-0.05, 0) is 19.1 Å². The molecular formula is C22H17ClO3. The average molecular weight is 365 g/mol. The Morgan fingerprint density at radius 1 is 0.846 bits per heavy atom. The van der Waals surface area contributed by atoms with E-state index in [0.717, 1.165) is 5.56 Å². The lowest BCUT2D eigenvalue weighted by atomic mass is 9.99. The summed E-state index contributed by atoms with van der Waals surface area (Å²) in [6, 6.07) is 22.7. The lowest BCUT2D eigenvalue weighted by molar-refractivity contribution is 0.0280. The standard InChI is InChI=1S/C22H17ClO3/c1-15-11-13-16(14-12-15)20(24)21(17-7-3-2-4-8-17)26-22(25)18-9-5-6-10-19(18)23/h2-14,21H,1H3. The van der Waals surface area contributed by atoms with Crippen molar-refractivity contribution in [1.82, 2.24) is 0 Å². The summed E-state index contributed by atoms with van der Waals surface area (Å²) >= 11 is 6.08. The number of hydrogen-bond acceptors (Lipinski definition) is 3. The maximum absolute atomic E-state index is 13.0. The number of carbonyl (C=O) groups excluding carboxylic acids is 2. The Morgan fingerprint density at radius 3 is 2.12 bits per heavy atom. The second-order valence-electron chi connectivity index (χ2n) is 5.91. The van der Waals surface area contributed by atoms with Crippen molar-refractivity contribution in [1.29, 1.82) is 0 Å². The molecule has 26 heavy (non-hydrogen) atoms. The van der Waals surface area contributed by atoms with Gasteiger partial charge in [-0.3, -0.25) is 4.79 Å². The topological polar surface area (TPSA) is 43.4 Å². The molecule has 0 heterocycles. The molecule has 3 aromatic carbocycles. The summed E-state index contributed by atoms with van der Waals surface area (Å²) in [7, 11) is 0. The van der Waals surface area contributed by atoms with E-state index in [4.69, 9.17) is 16.3 Å². The van der Waals surface area contributed by atoms with Gasteiger partial charge in [-0.15, -0.1) is 0 Å². The van der Waals surface area contributed by atoms with Crippen LogP contribution in [0, 0.1) is 6.92 Å². The Kier molecular flexibility index (Phi) is 5.49. The summed E-state index contributed by atoms with van der Waals surface area (Å²) in [5, 5.41) is 0.284. The Bertz CT molecular complexity index is 918. The molecule has 3 rings (SSSR count). The summed E-state index contributed by atoms with van der Waals surface area (Å²) in [6.07, 6.45) is -1.04. The van der Waals surface area contributed by atoms with E-state index in [9.17, 15) is 9.59 Å². The molecule has 1 unspecified atom stereocenters. The summed E-state index contributed by atoms with van der Waals surface area (Å²) in [5.41, 5.74) is 2.37. The molecule has 0 fully saturated rings. The molecule has 0 saturated carbocycles. The predicted molar refractivity (Wildman–Crippen MR) is 102 cm³/mol. The van der Waals surface area contributed by atoms with Gasteiger partial charge < -0.3 is 4.74 Å². The number of halogens is 1. The van der Waals surface area contributed by atoms with E-state index in [1.807, 2.05) is 25.1 Å². The van der Waals surface area contributed by atoms with Crippen LogP contribution in [-0.4, -0.2) is 11.8 Å². The predicted octanol–water partition coefficient (Wildman–Crippen LogP) is 5.43. The van der Waals surface area contributed by atoms with E-state index in [-0.39, 0.29) is 16.4 Å². The molecule has 1 atom stereocenters. The number of carbonyl (C=O) groups is 2. The number of esters is 1. The second-order valence-corrected chi connectivity index (χ2v) is 6.31. The van der Waals surface area contributed by atoms with Gasteiger partial charge in [0.25, 0.3) is 0 Å². The second kappa shape index (κ2) is 7.98. The van der Waals surface area contributed by atoms with Crippen LogP contribution in [0.4, 0.5) is 0 Å². The first-order valence-corrected chi connectivity index (χ1v) is 8.55. The molecule has 130 valence electrons. The fourth-order valence-electron chi connectivity index (χ4n) is 2.57. The van der Waals surface area contributed by atoms with E-state index in [2.05, 4.69) is 0 Å². The van der Waals surface area contributed by atoms with E-state index >= 15 is 0 Å². The van der Waals surface area contributed by atoms with Gasteiger partial charge in [-0.2, -0.15) is 0 Å². The van der Waals surface area contributed by atoms with E-state index in [0.29, 0.717) is 11.1 Å². The van der Waals surface area contributed by atoms with Crippen LogP contribution in [0.25, 0.3) is 0 Å². The van der Waals surface area contributed by atoms with Crippen molar-refractivity contribution in [3.63, 3.8) is 0 Å². The lowest BCUT2D eigenvalue weighted by Gasteiger charge is -2.18. The molecule has 0 aliphatic carbocycles. The van der Waals surface area contributed by atoms with Crippen LogP contribution >= 0.6 is 11.6 Å². The highest BCUT2D eigenvalue weighted by Crippen LogP contribution is 2.26. The van der Waals surface area contributed by atoms with Crippen LogP contribution in [0.2, 0.25) is 5.02 Å². The van der Waals surface area contributed by atoms with E-state index in [1.54, 1.807) is 60.7 Å². The van der Waals surface area contributed by atoms with Gasteiger partial charge in [0, 0.05) is 11.1 Å².